The number of sulfonamides is 1. The molecule has 1 saturated heterocycles. The van der Waals surface area contributed by atoms with E-state index < -0.39 is 10.0 Å². The Bertz CT molecular complexity index is 1170. The summed E-state index contributed by atoms with van der Waals surface area (Å²) in [4.78, 5) is 13.2. The van der Waals surface area contributed by atoms with E-state index in [1.807, 2.05) is 60.7 Å². The van der Waals surface area contributed by atoms with Gasteiger partial charge >= 0.3 is 0 Å². The van der Waals surface area contributed by atoms with Gasteiger partial charge in [-0.05, 0) is 42.2 Å². The Morgan fingerprint density at radius 2 is 1.50 bits per heavy atom. The maximum Gasteiger partial charge on any atom is 0.246 e. The molecular formula is C27H30N2O4S. The zero-order valence-electron chi connectivity index (χ0n) is 19.3. The maximum atomic E-state index is 13.3. The van der Waals surface area contributed by atoms with E-state index in [-0.39, 0.29) is 28.9 Å². The zero-order valence-corrected chi connectivity index (χ0v) is 20.1. The van der Waals surface area contributed by atoms with Crippen LogP contribution in [0.5, 0.6) is 5.75 Å². The largest absolute Gasteiger partial charge is 0.495 e. The lowest BCUT2D eigenvalue weighted by Gasteiger charge is -2.26. The number of rotatable bonds is 8. The molecule has 6 nitrogen and oxygen atoms in total. The number of hydrogen-bond acceptors (Lipinski definition) is 4. The van der Waals surface area contributed by atoms with Crippen molar-refractivity contribution in [3.8, 4) is 5.75 Å². The summed E-state index contributed by atoms with van der Waals surface area (Å²) in [5.74, 6) is -0.0311. The Morgan fingerprint density at radius 3 is 2.06 bits per heavy atom. The number of amides is 1. The number of methoxy groups -OCH3 is 1. The van der Waals surface area contributed by atoms with E-state index in [0.717, 1.165) is 30.4 Å². The van der Waals surface area contributed by atoms with Gasteiger partial charge in [0.05, 0.1) is 7.11 Å². The number of nitrogens with zero attached hydrogens (tertiary/aromatic N) is 1. The van der Waals surface area contributed by atoms with Crippen LogP contribution in [0.3, 0.4) is 0 Å². The average Bonchev–Trinajstić information content (AvgIpc) is 2.89. The van der Waals surface area contributed by atoms with Crippen LogP contribution in [0.25, 0.3) is 0 Å². The van der Waals surface area contributed by atoms with Crippen molar-refractivity contribution in [2.45, 2.75) is 36.5 Å². The molecule has 0 aromatic heterocycles. The predicted octanol–water partition coefficient (Wildman–Crippen LogP) is 5.03. The topological polar surface area (TPSA) is 75.7 Å². The first-order valence-electron chi connectivity index (χ1n) is 11.6. The van der Waals surface area contributed by atoms with E-state index in [2.05, 4.69) is 5.32 Å². The molecule has 0 unspecified atom stereocenters. The van der Waals surface area contributed by atoms with Crippen LogP contribution < -0.4 is 10.1 Å². The average molecular weight is 479 g/mol. The Hall–Kier alpha value is -3.16. The molecule has 1 fully saturated rings. The highest BCUT2D eigenvalue weighted by molar-refractivity contribution is 7.89. The van der Waals surface area contributed by atoms with Crippen LogP contribution >= 0.6 is 0 Å². The van der Waals surface area contributed by atoms with Gasteiger partial charge in [-0.3, -0.25) is 4.79 Å². The van der Waals surface area contributed by atoms with Crippen molar-refractivity contribution < 1.29 is 17.9 Å². The summed E-state index contributed by atoms with van der Waals surface area (Å²) in [6.45, 7) is 0.996. The SMILES string of the molecule is COc1ccc(NC(=O)CC(c2ccccc2)c2ccccc2)cc1S(=O)(=O)N1CCCCC1. The van der Waals surface area contributed by atoms with Gasteiger partial charge in [0.25, 0.3) is 0 Å². The number of benzene rings is 3. The van der Waals surface area contributed by atoms with Gasteiger partial charge in [-0.1, -0.05) is 67.1 Å². The molecule has 1 aliphatic rings. The van der Waals surface area contributed by atoms with Crippen LogP contribution in [-0.2, 0) is 14.8 Å². The van der Waals surface area contributed by atoms with E-state index in [1.54, 1.807) is 12.1 Å². The van der Waals surface area contributed by atoms with E-state index >= 15 is 0 Å². The molecule has 7 heteroatoms. The molecule has 3 aromatic carbocycles. The van der Waals surface area contributed by atoms with Crippen LogP contribution in [0.15, 0.2) is 83.8 Å². The third-order valence-electron chi connectivity index (χ3n) is 6.17. The van der Waals surface area contributed by atoms with E-state index in [4.69, 9.17) is 4.74 Å². The second-order valence-electron chi connectivity index (χ2n) is 8.46. The molecule has 4 rings (SSSR count). The number of carbonyl (C=O) groups excluding carboxylic acids is 1. The minimum Gasteiger partial charge on any atom is -0.495 e. The molecular weight excluding hydrogens is 448 g/mol. The molecule has 0 bridgehead atoms. The fourth-order valence-corrected chi connectivity index (χ4v) is 6.10. The monoisotopic (exact) mass is 478 g/mol. The first-order valence-corrected chi connectivity index (χ1v) is 13.0. The van der Waals surface area contributed by atoms with Gasteiger partial charge in [0.2, 0.25) is 15.9 Å². The maximum absolute atomic E-state index is 13.3. The summed E-state index contributed by atoms with van der Waals surface area (Å²) in [5, 5.41) is 2.90. The van der Waals surface area contributed by atoms with Crippen molar-refractivity contribution in [2.24, 2.45) is 0 Å². The van der Waals surface area contributed by atoms with Gasteiger partial charge in [0.15, 0.2) is 0 Å². The first-order chi connectivity index (χ1) is 16.5. The Kier molecular flexibility index (Phi) is 7.65. The summed E-state index contributed by atoms with van der Waals surface area (Å²) in [6.07, 6.45) is 2.95. The lowest BCUT2D eigenvalue weighted by atomic mass is 9.88. The number of carbonyl (C=O) groups is 1. The van der Waals surface area contributed by atoms with Crippen molar-refractivity contribution in [1.82, 2.24) is 4.31 Å². The molecule has 178 valence electrons. The fourth-order valence-electron chi connectivity index (χ4n) is 4.40. The van der Waals surface area contributed by atoms with Crippen molar-refractivity contribution in [3.63, 3.8) is 0 Å². The predicted molar refractivity (Wildman–Crippen MR) is 134 cm³/mol. The smallest absolute Gasteiger partial charge is 0.246 e. The third-order valence-corrected chi connectivity index (χ3v) is 8.09. The molecule has 0 radical (unpaired) electrons. The van der Waals surface area contributed by atoms with Gasteiger partial charge in [0.1, 0.15) is 10.6 Å². The number of hydrogen-bond donors (Lipinski definition) is 1. The molecule has 0 aliphatic carbocycles. The highest BCUT2D eigenvalue weighted by atomic mass is 32.2. The Morgan fingerprint density at radius 1 is 0.912 bits per heavy atom. The lowest BCUT2D eigenvalue weighted by Crippen LogP contribution is -2.35. The number of anilines is 1. The van der Waals surface area contributed by atoms with Gasteiger partial charge in [-0.15, -0.1) is 0 Å². The van der Waals surface area contributed by atoms with Crippen molar-refractivity contribution in [3.05, 3.63) is 90.0 Å². The van der Waals surface area contributed by atoms with Crippen LogP contribution in [0.1, 0.15) is 42.7 Å². The molecule has 0 saturated carbocycles. The van der Waals surface area contributed by atoms with Crippen molar-refractivity contribution in [1.29, 1.82) is 0 Å². The molecule has 1 aliphatic heterocycles. The highest BCUT2D eigenvalue weighted by Crippen LogP contribution is 2.32. The second kappa shape index (κ2) is 10.8. The summed E-state index contributed by atoms with van der Waals surface area (Å²) in [5.41, 5.74) is 2.53. The molecule has 1 amide bonds. The molecule has 3 aromatic rings. The first kappa shape index (κ1) is 24.0. The third kappa shape index (κ3) is 5.48. The van der Waals surface area contributed by atoms with Crippen LogP contribution in [0.4, 0.5) is 5.69 Å². The summed E-state index contributed by atoms with van der Waals surface area (Å²) in [7, 11) is -2.26. The zero-order chi connectivity index (χ0) is 24.0. The quantitative estimate of drug-likeness (QED) is 0.493. The molecule has 34 heavy (non-hydrogen) atoms. The second-order valence-corrected chi connectivity index (χ2v) is 10.4. The molecule has 0 spiro atoms. The standard InChI is InChI=1S/C27H30N2O4S/c1-33-25-16-15-23(19-26(25)34(31,32)29-17-9-4-10-18-29)28-27(30)20-24(21-11-5-2-6-12-21)22-13-7-3-8-14-22/h2-3,5-8,11-16,19,24H,4,9-10,17-18,20H2,1H3,(H,28,30). The summed E-state index contributed by atoms with van der Waals surface area (Å²) < 4.78 is 33.4. The summed E-state index contributed by atoms with van der Waals surface area (Å²) >= 11 is 0. The van der Waals surface area contributed by atoms with E-state index in [0.29, 0.717) is 18.8 Å². The van der Waals surface area contributed by atoms with Gasteiger partial charge in [-0.2, -0.15) is 4.31 Å². The van der Waals surface area contributed by atoms with Gasteiger partial charge in [-0.25, -0.2) is 8.42 Å². The van der Waals surface area contributed by atoms with E-state index in [9.17, 15) is 13.2 Å². The highest BCUT2D eigenvalue weighted by Gasteiger charge is 2.29. The van der Waals surface area contributed by atoms with Gasteiger partial charge < -0.3 is 10.1 Å². The fraction of sp³-hybridized carbons (Fsp3) is 0.296. The van der Waals surface area contributed by atoms with Crippen molar-refractivity contribution in [2.75, 3.05) is 25.5 Å². The van der Waals surface area contributed by atoms with Crippen LogP contribution in [0, 0.1) is 0 Å². The van der Waals surface area contributed by atoms with Crippen molar-refractivity contribution >= 4 is 21.6 Å². The Labute approximate surface area is 201 Å². The number of ether oxygens (including phenoxy) is 1. The van der Waals surface area contributed by atoms with Crippen LogP contribution in [0.2, 0.25) is 0 Å². The Balaban J connectivity index is 1.57. The van der Waals surface area contributed by atoms with E-state index in [1.165, 1.54) is 17.5 Å². The van der Waals surface area contributed by atoms with Crippen LogP contribution in [-0.4, -0.2) is 38.8 Å². The minimum absolute atomic E-state index is 0.0809. The normalized spacial score (nSPS) is 14.6. The molecule has 1 N–H and O–H groups in total. The minimum atomic E-state index is -3.72. The number of piperidine rings is 1. The molecule has 1 heterocycles. The van der Waals surface area contributed by atoms with Gasteiger partial charge in [0, 0.05) is 31.1 Å². The lowest BCUT2D eigenvalue weighted by molar-refractivity contribution is -0.116. The summed E-state index contributed by atoms with van der Waals surface area (Å²) in [6, 6.07) is 24.6. The number of nitrogens with one attached hydrogen (secondary N) is 1. The molecule has 0 atom stereocenters.